The van der Waals surface area contributed by atoms with Gasteiger partial charge in [0.05, 0.1) is 18.1 Å². The number of nitrogens with zero attached hydrogens (tertiary/aromatic N) is 4. The number of fused-ring (bicyclic) bond motifs is 10. The number of guanidine groups is 1. The highest BCUT2D eigenvalue weighted by molar-refractivity contribution is 5.89. The van der Waals surface area contributed by atoms with Crippen LogP contribution in [-0.4, -0.2) is 47.0 Å². The molecule has 252 valence electrons. The molecular formula is C47H44N4. The SMILES string of the molecule is CN1C(N2C3=C(C4=C(CCC=C4)C4C5C=CC=CC5N(c5ccccc5)C34)C3C=CCCC32)=NC=C2C=C(c3ccc4ccccc4c3)CCC21. The third kappa shape index (κ3) is 4.35. The summed E-state index contributed by atoms with van der Waals surface area (Å²) in [6.45, 7) is 0. The number of anilines is 1. The predicted molar refractivity (Wildman–Crippen MR) is 210 cm³/mol. The van der Waals surface area contributed by atoms with Gasteiger partial charge in [0.1, 0.15) is 0 Å². The summed E-state index contributed by atoms with van der Waals surface area (Å²) in [6, 6.07) is 28.2. The second-order valence-electron chi connectivity index (χ2n) is 15.7. The maximum atomic E-state index is 5.47. The summed E-state index contributed by atoms with van der Waals surface area (Å²) in [7, 11) is 2.32. The van der Waals surface area contributed by atoms with Crippen LogP contribution in [0.25, 0.3) is 16.3 Å². The van der Waals surface area contributed by atoms with Crippen LogP contribution in [0, 0.1) is 17.8 Å². The first-order valence-electron chi connectivity index (χ1n) is 19.2. The molecule has 3 aromatic carbocycles. The van der Waals surface area contributed by atoms with Crippen LogP contribution in [0.3, 0.4) is 0 Å². The van der Waals surface area contributed by atoms with Crippen molar-refractivity contribution in [2.24, 2.45) is 22.7 Å². The Kier molecular flexibility index (Phi) is 6.66. The molecule has 0 amide bonds. The van der Waals surface area contributed by atoms with Crippen molar-refractivity contribution in [2.75, 3.05) is 11.9 Å². The third-order valence-corrected chi connectivity index (χ3v) is 13.2. The van der Waals surface area contributed by atoms with Gasteiger partial charge in [-0.05, 0) is 95.4 Å². The first kappa shape index (κ1) is 29.6. The van der Waals surface area contributed by atoms with Crippen molar-refractivity contribution in [3.05, 3.63) is 167 Å². The summed E-state index contributed by atoms with van der Waals surface area (Å²) in [5.41, 5.74) is 11.7. The summed E-state index contributed by atoms with van der Waals surface area (Å²) in [4.78, 5) is 13.6. The van der Waals surface area contributed by atoms with Gasteiger partial charge in [0.2, 0.25) is 5.96 Å². The zero-order valence-corrected chi connectivity index (χ0v) is 29.3. The van der Waals surface area contributed by atoms with Crippen LogP contribution in [0.15, 0.2) is 167 Å². The zero-order valence-electron chi connectivity index (χ0n) is 29.3. The maximum Gasteiger partial charge on any atom is 0.206 e. The largest absolute Gasteiger partial charge is 0.355 e. The van der Waals surface area contributed by atoms with Crippen LogP contribution in [0.4, 0.5) is 5.69 Å². The van der Waals surface area contributed by atoms with Crippen LogP contribution in [0.5, 0.6) is 0 Å². The first-order chi connectivity index (χ1) is 25.2. The van der Waals surface area contributed by atoms with Crippen LogP contribution in [0.1, 0.15) is 44.1 Å². The van der Waals surface area contributed by atoms with Crippen molar-refractivity contribution < 1.29 is 0 Å². The Morgan fingerprint density at radius 1 is 0.804 bits per heavy atom. The van der Waals surface area contributed by atoms with E-state index in [0.717, 1.165) is 44.5 Å². The van der Waals surface area contributed by atoms with Gasteiger partial charge in [-0.2, -0.15) is 0 Å². The number of benzene rings is 3. The highest BCUT2D eigenvalue weighted by atomic mass is 15.4. The van der Waals surface area contributed by atoms with E-state index in [9.17, 15) is 0 Å². The Morgan fingerprint density at radius 2 is 1.67 bits per heavy atom. The van der Waals surface area contributed by atoms with Crippen LogP contribution in [-0.2, 0) is 0 Å². The summed E-state index contributed by atoms with van der Waals surface area (Å²) in [6.07, 6.45) is 30.9. The Morgan fingerprint density at radius 3 is 2.59 bits per heavy atom. The molecule has 3 heterocycles. The van der Waals surface area contributed by atoms with E-state index in [4.69, 9.17) is 4.99 Å². The van der Waals surface area contributed by atoms with Gasteiger partial charge in [-0.25, -0.2) is 4.99 Å². The molecule has 0 spiro atoms. The average molecular weight is 665 g/mol. The van der Waals surface area contributed by atoms with Crippen molar-refractivity contribution in [3.63, 3.8) is 0 Å². The van der Waals surface area contributed by atoms with Gasteiger partial charge in [0, 0.05) is 48.4 Å². The van der Waals surface area contributed by atoms with Gasteiger partial charge in [-0.3, -0.25) is 0 Å². The zero-order chi connectivity index (χ0) is 33.6. The first-order valence-corrected chi connectivity index (χ1v) is 19.2. The molecule has 5 aliphatic carbocycles. The number of rotatable bonds is 2. The van der Waals surface area contributed by atoms with Crippen LogP contribution >= 0.6 is 0 Å². The summed E-state index contributed by atoms with van der Waals surface area (Å²) in [5.74, 6) is 2.39. The van der Waals surface area contributed by atoms with E-state index in [2.05, 4.69) is 155 Å². The molecular weight excluding hydrogens is 621 g/mol. The molecule has 0 aromatic heterocycles. The minimum absolute atomic E-state index is 0.251. The van der Waals surface area contributed by atoms with Crippen molar-refractivity contribution in [1.82, 2.24) is 9.80 Å². The number of para-hydroxylation sites is 1. The quantitative estimate of drug-likeness (QED) is 0.255. The summed E-state index contributed by atoms with van der Waals surface area (Å²) >= 11 is 0. The van der Waals surface area contributed by atoms with Gasteiger partial charge < -0.3 is 14.7 Å². The second-order valence-corrected chi connectivity index (χ2v) is 15.7. The molecule has 0 radical (unpaired) electrons. The van der Waals surface area contributed by atoms with E-state index in [0.29, 0.717) is 35.9 Å². The lowest BCUT2D eigenvalue weighted by molar-refractivity contribution is 0.262. The normalized spacial score (nSPS) is 31.5. The fraction of sp³-hybridized carbons (Fsp3) is 0.298. The maximum absolute atomic E-state index is 5.47. The fourth-order valence-corrected chi connectivity index (χ4v) is 11.1. The molecule has 0 bridgehead atoms. The topological polar surface area (TPSA) is 22.1 Å². The predicted octanol–water partition coefficient (Wildman–Crippen LogP) is 9.75. The number of hydrogen-bond donors (Lipinski definition) is 0. The monoisotopic (exact) mass is 664 g/mol. The molecule has 3 aromatic rings. The van der Waals surface area contributed by atoms with Crippen molar-refractivity contribution in [2.45, 2.75) is 62.7 Å². The van der Waals surface area contributed by atoms with Gasteiger partial charge in [-0.15, -0.1) is 0 Å². The molecule has 1 fully saturated rings. The lowest BCUT2D eigenvalue weighted by Gasteiger charge is -2.46. The van der Waals surface area contributed by atoms with E-state index in [1.165, 1.54) is 44.4 Å². The van der Waals surface area contributed by atoms with Crippen molar-refractivity contribution in [1.29, 1.82) is 0 Å². The van der Waals surface area contributed by atoms with Crippen molar-refractivity contribution >= 4 is 28.0 Å². The average Bonchev–Trinajstić information content (AvgIpc) is 3.72. The summed E-state index contributed by atoms with van der Waals surface area (Å²) < 4.78 is 0. The van der Waals surface area contributed by atoms with Crippen LogP contribution in [0.2, 0.25) is 0 Å². The lowest BCUT2D eigenvalue weighted by atomic mass is 9.68. The molecule has 1 saturated heterocycles. The van der Waals surface area contributed by atoms with E-state index in [1.54, 1.807) is 11.1 Å². The molecule has 3 aliphatic heterocycles. The smallest absolute Gasteiger partial charge is 0.206 e. The Bertz CT molecular complexity index is 2240. The fourth-order valence-electron chi connectivity index (χ4n) is 11.1. The van der Waals surface area contributed by atoms with Gasteiger partial charge in [0.15, 0.2) is 0 Å². The van der Waals surface area contributed by atoms with Gasteiger partial charge in [0.25, 0.3) is 0 Å². The molecule has 11 rings (SSSR count). The number of hydrogen-bond acceptors (Lipinski definition) is 4. The highest BCUT2D eigenvalue weighted by Crippen LogP contribution is 2.59. The van der Waals surface area contributed by atoms with Gasteiger partial charge >= 0.3 is 0 Å². The number of allylic oxidation sites excluding steroid dienone is 7. The van der Waals surface area contributed by atoms with E-state index in [-0.39, 0.29) is 6.04 Å². The van der Waals surface area contributed by atoms with Crippen molar-refractivity contribution in [3.8, 4) is 0 Å². The van der Waals surface area contributed by atoms with Crippen LogP contribution < -0.4 is 4.90 Å². The Labute approximate surface area is 301 Å². The second kappa shape index (κ2) is 11.5. The Balaban J connectivity index is 1.06. The molecule has 7 unspecified atom stereocenters. The number of likely N-dealkylation sites (N-methyl/N-ethyl adjacent to an activating group) is 1. The number of aliphatic imine (C=N–C) groups is 1. The van der Waals surface area contributed by atoms with Gasteiger partial charge in [-0.1, -0.05) is 115 Å². The molecule has 4 heteroatoms. The van der Waals surface area contributed by atoms with E-state index >= 15 is 0 Å². The summed E-state index contributed by atoms with van der Waals surface area (Å²) in [5, 5.41) is 2.61. The molecule has 0 N–H and O–H groups in total. The van der Waals surface area contributed by atoms with E-state index in [1.807, 2.05) is 0 Å². The molecule has 0 saturated carbocycles. The third-order valence-electron chi connectivity index (χ3n) is 13.2. The standard InChI is InChI=1S/C47H44N4/c1-49-40-26-25-33(32-24-23-30-13-5-6-14-31(30)27-32)28-34(40)29-48-47(49)51-42-22-12-10-20-39(42)44-37-18-8-7-17-36(37)43-38-19-9-11-21-41(38)50(45(43)46(44)51)35-15-3-2-4-16-35/h2-6,8-11,13-16,18-21,23-24,27-29,38-43,45H,7,12,17,22,25-26H2,1H3. The lowest BCUT2D eigenvalue weighted by Crippen LogP contribution is -2.55. The van der Waals surface area contributed by atoms with E-state index < -0.39 is 0 Å². The molecule has 8 aliphatic rings. The highest BCUT2D eigenvalue weighted by Gasteiger charge is 2.59. The molecule has 4 nitrogen and oxygen atoms in total. The minimum Gasteiger partial charge on any atom is -0.355 e. The Hall–Kier alpha value is -5.09. The molecule has 51 heavy (non-hydrogen) atoms. The molecule has 7 atom stereocenters. The minimum atomic E-state index is 0.251.